The number of hydrogen-bond acceptors (Lipinski definition) is 1. The van der Waals surface area contributed by atoms with Crippen LogP contribution in [0.4, 0.5) is 0 Å². The van der Waals surface area contributed by atoms with Crippen molar-refractivity contribution in [1.82, 2.24) is 4.57 Å². The molecule has 2 N–H and O–H groups in total. The molecule has 2 heteroatoms. The van der Waals surface area contributed by atoms with Gasteiger partial charge in [0, 0.05) is 29.7 Å². The smallest absolute Gasteiger partial charge is 0.0481 e. The molecule has 0 radical (unpaired) electrons. The number of hydrogen-bond donors (Lipinski definition) is 1. The Morgan fingerprint density at radius 1 is 1.12 bits per heavy atom. The average Bonchev–Trinajstić information content (AvgIpc) is 2.69. The van der Waals surface area contributed by atoms with Crippen LogP contribution >= 0.6 is 0 Å². The second-order valence-electron chi connectivity index (χ2n) is 5.39. The Kier molecular flexibility index (Phi) is 2.48. The summed E-state index contributed by atoms with van der Waals surface area (Å²) in [6.07, 6.45) is 8.35. The molecule has 0 unspecified atom stereocenters. The monoisotopic (exact) mass is 228 g/mol. The Bertz CT molecular complexity index is 533. The van der Waals surface area contributed by atoms with E-state index in [1.807, 2.05) is 0 Å². The van der Waals surface area contributed by atoms with Crippen molar-refractivity contribution in [2.45, 2.75) is 37.6 Å². The summed E-state index contributed by atoms with van der Waals surface area (Å²) in [5, 5.41) is 1.33. The first-order valence-electron chi connectivity index (χ1n) is 6.54. The van der Waals surface area contributed by atoms with Crippen LogP contribution in [0, 0.1) is 0 Å². The minimum atomic E-state index is -0.0981. The van der Waals surface area contributed by atoms with Gasteiger partial charge in [0.1, 0.15) is 0 Å². The van der Waals surface area contributed by atoms with Crippen molar-refractivity contribution in [3.8, 4) is 0 Å². The lowest BCUT2D eigenvalue weighted by atomic mass is 9.77. The van der Waals surface area contributed by atoms with Gasteiger partial charge in [0.25, 0.3) is 0 Å². The third-order valence-electron chi connectivity index (χ3n) is 4.18. The molecule has 2 aromatic rings. The van der Waals surface area contributed by atoms with Crippen molar-refractivity contribution in [3.63, 3.8) is 0 Å². The van der Waals surface area contributed by atoms with Crippen LogP contribution in [-0.4, -0.2) is 4.57 Å². The molecule has 1 saturated carbocycles. The second kappa shape index (κ2) is 3.88. The highest BCUT2D eigenvalue weighted by Gasteiger charge is 2.31. The number of rotatable bonds is 1. The van der Waals surface area contributed by atoms with E-state index >= 15 is 0 Å². The van der Waals surface area contributed by atoms with Gasteiger partial charge in [0.2, 0.25) is 0 Å². The summed E-state index contributed by atoms with van der Waals surface area (Å²) in [4.78, 5) is 0. The van der Waals surface area contributed by atoms with Crippen LogP contribution < -0.4 is 5.73 Å². The minimum absolute atomic E-state index is 0.0981. The first kappa shape index (κ1) is 10.8. The van der Waals surface area contributed by atoms with Crippen molar-refractivity contribution in [2.75, 3.05) is 0 Å². The molecule has 0 spiro atoms. The average molecular weight is 228 g/mol. The maximum Gasteiger partial charge on any atom is 0.0481 e. The molecule has 1 aromatic heterocycles. The summed E-state index contributed by atoms with van der Waals surface area (Å²) in [7, 11) is 2.11. The summed E-state index contributed by atoms with van der Waals surface area (Å²) in [6, 6.07) is 8.58. The lowest BCUT2D eigenvalue weighted by Crippen LogP contribution is -2.38. The SMILES string of the molecule is Cn1cc(C2(N)CCCCC2)c2ccccc21. The van der Waals surface area contributed by atoms with Crippen LogP contribution in [0.2, 0.25) is 0 Å². The lowest BCUT2D eigenvalue weighted by molar-refractivity contribution is 0.304. The molecule has 0 aliphatic heterocycles. The zero-order valence-electron chi connectivity index (χ0n) is 10.4. The van der Waals surface area contributed by atoms with Crippen LogP contribution in [0.5, 0.6) is 0 Å². The summed E-state index contributed by atoms with van der Waals surface area (Å²) in [6.45, 7) is 0. The molecule has 0 saturated heterocycles. The van der Waals surface area contributed by atoms with Gasteiger partial charge < -0.3 is 10.3 Å². The van der Waals surface area contributed by atoms with Gasteiger partial charge in [-0.05, 0) is 24.5 Å². The third-order valence-corrected chi connectivity index (χ3v) is 4.18. The summed E-state index contributed by atoms with van der Waals surface area (Å²) < 4.78 is 2.20. The van der Waals surface area contributed by atoms with E-state index in [9.17, 15) is 0 Å². The standard InChI is InChI=1S/C15H20N2/c1-17-11-13(12-7-3-4-8-14(12)17)15(16)9-5-2-6-10-15/h3-4,7-8,11H,2,5-6,9-10,16H2,1H3. The molecule has 17 heavy (non-hydrogen) atoms. The molecule has 1 heterocycles. The predicted molar refractivity (Wildman–Crippen MR) is 71.9 cm³/mol. The number of para-hydroxylation sites is 1. The zero-order chi connectivity index (χ0) is 11.9. The van der Waals surface area contributed by atoms with Gasteiger partial charge in [-0.3, -0.25) is 0 Å². The van der Waals surface area contributed by atoms with Gasteiger partial charge in [0.15, 0.2) is 0 Å². The van der Waals surface area contributed by atoms with Crippen LogP contribution in [0.15, 0.2) is 30.5 Å². The van der Waals surface area contributed by atoms with Gasteiger partial charge in [-0.2, -0.15) is 0 Å². The van der Waals surface area contributed by atoms with Crippen LogP contribution in [0.25, 0.3) is 10.9 Å². The molecule has 2 nitrogen and oxygen atoms in total. The molecule has 1 fully saturated rings. The quantitative estimate of drug-likeness (QED) is 0.797. The predicted octanol–water partition coefficient (Wildman–Crippen LogP) is 3.30. The largest absolute Gasteiger partial charge is 0.350 e. The third kappa shape index (κ3) is 1.67. The Morgan fingerprint density at radius 3 is 2.59 bits per heavy atom. The van der Waals surface area contributed by atoms with Gasteiger partial charge >= 0.3 is 0 Å². The van der Waals surface area contributed by atoms with Crippen molar-refractivity contribution in [2.24, 2.45) is 12.8 Å². The van der Waals surface area contributed by atoms with Crippen molar-refractivity contribution in [3.05, 3.63) is 36.0 Å². The van der Waals surface area contributed by atoms with Crippen molar-refractivity contribution in [1.29, 1.82) is 0 Å². The lowest BCUT2D eigenvalue weighted by Gasteiger charge is -2.33. The number of aromatic nitrogens is 1. The summed E-state index contributed by atoms with van der Waals surface area (Å²) in [5.74, 6) is 0. The van der Waals surface area contributed by atoms with Crippen molar-refractivity contribution < 1.29 is 0 Å². The minimum Gasteiger partial charge on any atom is -0.350 e. The Morgan fingerprint density at radius 2 is 1.82 bits per heavy atom. The first-order valence-corrected chi connectivity index (χ1v) is 6.54. The van der Waals surface area contributed by atoms with Gasteiger partial charge in [-0.15, -0.1) is 0 Å². The number of nitrogens with zero attached hydrogens (tertiary/aromatic N) is 1. The molecular formula is C15H20N2. The van der Waals surface area contributed by atoms with E-state index in [2.05, 4.69) is 42.1 Å². The van der Waals surface area contributed by atoms with E-state index in [-0.39, 0.29) is 5.54 Å². The molecule has 0 amide bonds. The molecule has 90 valence electrons. The van der Waals surface area contributed by atoms with Crippen LogP contribution in [0.1, 0.15) is 37.7 Å². The molecule has 1 aliphatic carbocycles. The van der Waals surface area contributed by atoms with E-state index < -0.39 is 0 Å². The van der Waals surface area contributed by atoms with E-state index in [0.29, 0.717) is 0 Å². The molecule has 3 rings (SSSR count). The van der Waals surface area contributed by atoms with Gasteiger partial charge in [-0.1, -0.05) is 37.5 Å². The fourth-order valence-electron chi connectivity index (χ4n) is 3.19. The Hall–Kier alpha value is -1.28. The number of aryl methyl sites for hydroxylation is 1. The number of benzene rings is 1. The first-order chi connectivity index (χ1) is 8.21. The number of nitrogens with two attached hydrogens (primary N) is 1. The molecule has 1 aromatic carbocycles. The second-order valence-corrected chi connectivity index (χ2v) is 5.39. The fraction of sp³-hybridized carbons (Fsp3) is 0.467. The highest BCUT2D eigenvalue weighted by molar-refractivity contribution is 5.85. The van der Waals surface area contributed by atoms with Gasteiger partial charge in [0.05, 0.1) is 0 Å². The molecule has 0 atom stereocenters. The van der Waals surface area contributed by atoms with Gasteiger partial charge in [-0.25, -0.2) is 0 Å². The zero-order valence-corrected chi connectivity index (χ0v) is 10.4. The maximum absolute atomic E-state index is 6.65. The summed E-state index contributed by atoms with van der Waals surface area (Å²) >= 11 is 0. The van der Waals surface area contributed by atoms with E-state index in [0.717, 1.165) is 12.8 Å². The highest BCUT2D eigenvalue weighted by Crippen LogP contribution is 2.38. The topological polar surface area (TPSA) is 30.9 Å². The highest BCUT2D eigenvalue weighted by atomic mass is 14.9. The summed E-state index contributed by atoms with van der Waals surface area (Å²) in [5.41, 5.74) is 9.18. The maximum atomic E-state index is 6.65. The normalized spacial score (nSPS) is 19.6. The fourth-order valence-corrected chi connectivity index (χ4v) is 3.19. The van der Waals surface area contributed by atoms with E-state index in [1.165, 1.54) is 35.7 Å². The van der Waals surface area contributed by atoms with E-state index in [4.69, 9.17) is 5.73 Å². The Balaban J connectivity index is 2.16. The van der Waals surface area contributed by atoms with Crippen molar-refractivity contribution >= 4 is 10.9 Å². The molecule has 1 aliphatic rings. The number of fused-ring (bicyclic) bond motifs is 1. The molecular weight excluding hydrogens is 208 g/mol. The molecule has 0 bridgehead atoms. The van der Waals surface area contributed by atoms with Crippen LogP contribution in [0.3, 0.4) is 0 Å². The van der Waals surface area contributed by atoms with E-state index in [1.54, 1.807) is 0 Å². The Labute approximate surface area is 102 Å². The van der Waals surface area contributed by atoms with Crippen LogP contribution in [-0.2, 0) is 12.6 Å².